The van der Waals surface area contributed by atoms with E-state index in [-0.39, 0.29) is 6.04 Å². The Morgan fingerprint density at radius 2 is 2.26 bits per heavy atom. The molecule has 0 saturated carbocycles. The number of aryl methyl sites for hydroxylation is 2. The number of ether oxygens (including phenoxy) is 1. The summed E-state index contributed by atoms with van der Waals surface area (Å²) in [5.74, 6) is 1.16. The molecule has 0 fully saturated rings. The minimum absolute atomic E-state index is 0.273. The molecule has 1 atom stereocenters. The summed E-state index contributed by atoms with van der Waals surface area (Å²) in [6, 6.07) is 2.50. The van der Waals surface area contributed by atoms with Crippen molar-refractivity contribution in [2.24, 2.45) is 0 Å². The minimum Gasteiger partial charge on any atom is -0.375 e. The molecule has 0 saturated heterocycles. The highest BCUT2D eigenvalue weighted by molar-refractivity contribution is 7.12. The summed E-state index contributed by atoms with van der Waals surface area (Å²) in [7, 11) is 1.60. The minimum atomic E-state index is 0.273. The molecule has 0 aliphatic heterocycles. The molecule has 0 unspecified atom stereocenters. The molecule has 2 heterocycles. The lowest BCUT2D eigenvalue weighted by Crippen LogP contribution is -2.19. The maximum atomic E-state index is 5.05. The van der Waals surface area contributed by atoms with Gasteiger partial charge in [-0.2, -0.15) is 4.98 Å². The molecule has 0 aromatic carbocycles. The number of rotatable bonds is 6. The first-order valence-corrected chi connectivity index (χ1v) is 7.02. The molecule has 2 aromatic rings. The van der Waals surface area contributed by atoms with E-state index in [1.807, 2.05) is 11.3 Å². The number of nitrogens with one attached hydrogen (secondary N) is 1. The van der Waals surface area contributed by atoms with Crippen LogP contribution in [0.4, 0.5) is 0 Å². The summed E-state index contributed by atoms with van der Waals surface area (Å²) in [6.45, 7) is 7.36. The second-order valence-corrected chi connectivity index (χ2v) is 5.97. The van der Waals surface area contributed by atoms with Crippen LogP contribution in [-0.2, 0) is 17.9 Å². The Hall–Kier alpha value is -1.24. The van der Waals surface area contributed by atoms with Crippen LogP contribution in [0.25, 0.3) is 0 Å². The molecular weight excluding hydrogens is 262 g/mol. The van der Waals surface area contributed by atoms with Gasteiger partial charge in [-0.15, -0.1) is 11.3 Å². The largest absolute Gasteiger partial charge is 0.375 e. The van der Waals surface area contributed by atoms with Gasteiger partial charge in [0.15, 0.2) is 5.82 Å². The fourth-order valence-electron chi connectivity index (χ4n) is 1.98. The van der Waals surface area contributed by atoms with E-state index < -0.39 is 0 Å². The Morgan fingerprint density at radius 1 is 1.47 bits per heavy atom. The first-order chi connectivity index (χ1) is 9.10. The van der Waals surface area contributed by atoms with Crippen LogP contribution in [0.2, 0.25) is 0 Å². The maximum Gasteiger partial charge on any atom is 0.252 e. The highest BCUT2D eigenvalue weighted by Crippen LogP contribution is 2.26. The monoisotopic (exact) mass is 281 g/mol. The molecule has 0 radical (unpaired) electrons. The number of nitrogens with zero attached hydrogens (tertiary/aromatic N) is 2. The Bertz CT molecular complexity index is 536. The number of aromatic nitrogens is 2. The van der Waals surface area contributed by atoms with Crippen LogP contribution in [0, 0.1) is 13.8 Å². The van der Waals surface area contributed by atoms with Gasteiger partial charge in [-0.25, -0.2) is 0 Å². The summed E-state index contributed by atoms with van der Waals surface area (Å²) in [6.07, 6.45) is 0. The first kappa shape index (κ1) is 14.2. The van der Waals surface area contributed by atoms with Gasteiger partial charge in [0.1, 0.15) is 6.61 Å². The molecule has 104 valence electrons. The Morgan fingerprint density at radius 3 is 2.89 bits per heavy atom. The van der Waals surface area contributed by atoms with Crippen molar-refractivity contribution < 1.29 is 9.26 Å². The first-order valence-electron chi connectivity index (χ1n) is 6.21. The van der Waals surface area contributed by atoms with Gasteiger partial charge in [0.25, 0.3) is 5.89 Å². The topological polar surface area (TPSA) is 60.2 Å². The number of thiophene rings is 1. The van der Waals surface area contributed by atoms with Crippen molar-refractivity contribution in [2.75, 3.05) is 7.11 Å². The molecule has 2 aromatic heterocycles. The molecule has 0 aliphatic rings. The average Bonchev–Trinajstić information content (AvgIpc) is 2.93. The van der Waals surface area contributed by atoms with Crippen molar-refractivity contribution in [3.05, 3.63) is 33.1 Å². The van der Waals surface area contributed by atoms with Gasteiger partial charge in [-0.3, -0.25) is 0 Å². The number of methoxy groups -OCH3 is 1. The standard InChI is InChI=1S/C13H19N3O2S/c1-8-5-11(10(3)19-8)9(2)14-6-12-15-13(7-17-4)18-16-12/h5,9,14H,6-7H2,1-4H3/t9-/m1/s1. The highest BCUT2D eigenvalue weighted by atomic mass is 32.1. The molecule has 0 spiro atoms. The normalized spacial score (nSPS) is 12.8. The fraction of sp³-hybridized carbons (Fsp3) is 0.538. The predicted octanol–water partition coefficient (Wildman–Crippen LogP) is 2.75. The van der Waals surface area contributed by atoms with Crippen LogP contribution >= 0.6 is 11.3 Å². The Balaban J connectivity index is 1.92. The molecule has 0 bridgehead atoms. The van der Waals surface area contributed by atoms with Crippen LogP contribution in [-0.4, -0.2) is 17.3 Å². The lowest BCUT2D eigenvalue weighted by Gasteiger charge is -2.11. The van der Waals surface area contributed by atoms with E-state index in [0.29, 0.717) is 24.9 Å². The predicted molar refractivity (Wildman–Crippen MR) is 74.1 cm³/mol. The van der Waals surface area contributed by atoms with Crippen molar-refractivity contribution in [2.45, 2.75) is 40.0 Å². The van der Waals surface area contributed by atoms with Crippen molar-refractivity contribution in [3.8, 4) is 0 Å². The van der Waals surface area contributed by atoms with Crippen molar-refractivity contribution in [1.29, 1.82) is 0 Å². The van der Waals surface area contributed by atoms with Crippen LogP contribution in [0.1, 0.15) is 40.0 Å². The van der Waals surface area contributed by atoms with Crippen molar-refractivity contribution in [3.63, 3.8) is 0 Å². The molecule has 6 heteroatoms. The molecular formula is C13H19N3O2S. The average molecular weight is 281 g/mol. The lowest BCUT2D eigenvalue weighted by atomic mass is 10.1. The molecule has 5 nitrogen and oxygen atoms in total. The van der Waals surface area contributed by atoms with Crippen LogP contribution in [0.15, 0.2) is 10.6 Å². The molecule has 0 aliphatic carbocycles. The third-order valence-corrected chi connectivity index (χ3v) is 3.87. The van der Waals surface area contributed by atoms with Gasteiger partial charge in [0.2, 0.25) is 0 Å². The summed E-state index contributed by atoms with van der Waals surface area (Å²) in [5.41, 5.74) is 1.34. The smallest absolute Gasteiger partial charge is 0.252 e. The van der Waals surface area contributed by atoms with Gasteiger partial charge in [0, 0.05) is 22.9 Å². The lowest BCUT2D eigenvalue weighted by molar-refractivity contribution is 0.151. The highest BCUT2D eigenvalue weighted by Gasteiger charge is 2.12. The quantitative estimate of drug-likeness (QED) is 0.882. The third kappa shape index (κ3) is 3.62. The van der Waals surface area contributed by atoms with Crippen LogP contribution < -0.4 is 5.32 Å². The Labute approximate surface area is 117 Å². The summed E-state index contributed by atoms with van der Waals surface area (Å²) >= 11 is 1.82. The van der Waals surface area contributed by atoms with E-state index >= 15 is 0 Å². The Kier molecular flexibility index (Phi) is 4.68. The summed E-state index contributed by atoms with van der Waals surface area (Å²) in [4.78, 5) is 6.92. The van der Waals surface area contributed by atoms with E-state index in [1.54, 1.807) is 7.11 Å². The van der Waals surface area contributed by atoms with E-state index in [2.05, 4.69) is 42.3 Å². The number of hydrogen-bond acceptors (Lipinski definition) is 6. The molecule has 1 N–H and O–H groups in total. The van der Waals surface area contributed by atoms with E-state index in [0.717, 1.165) is 0 Å². The van der Waals surface area contributed by atoms with Gasteiger partial charge in [-0.1, -0.05) is 5.16 Å². The van der Waals surface area contributed by atoms with Gasteiger partial charge < -0.3 is 14.6 Å². The zero-order chi connectivity index (χ0) is 13.8. The SMILES string of the molecule is COCc1nc(CN[C@H](C)c2cc(C)sc2C)no1. The number of hydrogen-bond donors (Lipinski definition) is 1. The zero-order valence-electron chi connectivity index (χ0n) is 11.7. The third-order valence-electron chi connectivity index (χ3n) is 2.89. The van der Waals surface area contributed by atoms with Crippen molar-refractivity contribution >= 4 is 11.3 Å². The van der Waals surface area contributed by atoms with Gasteiger partial charge >= 0.3 is 0 Å². The van der Waals surface area contributed by atoms with E-state index in [1.165, 1.54) is 15.3 Å². The van der Waals surface area contributed by atoms with E-state index in [9.17, 15) is 0 Å². The maximum absolute atomic E-state index is 5.05. The zero-order valence-corrected chi connectivity index (χ0v) is 12.5. The second kappa shape index (κ2) is 6.27. The fourth-order valence-corrected chi connectivity index (χ4v) is 3.00. The molecule has 19 heavy (non-hydrogen) atoms. The van der Waals surface area contributed by atoms with Crippen LogP contribution in [0.5, 0.6) is 0 Å². The molecule has 2 rings (SSSR count). The van der Waals surface area contributed by atoms with Gasteiger partial charge in [-0.05, 0) is 32.4 Å². The molecule has 0 amide bonds. The summed E-state index contributed by atoms with van der Waals surface area (Å²) < 4.78 is 9.99. The summed E-state index contributed by atoms with van der Waals surface area (Å²) in [5, 5.41) is 7.31. The van der Waals surface area contributed by atoms with E-state index in [4.69, 9.17) is 9.26 Å². The second-order valence-electron chi connectivity index (χ2n) is 4.51. The van der Waals surface area contributed by atoms with Crippen LogP contribution in [0.3, 0.4) is 0 Å². The van der Waals surface area contributed by atoms with Crippen molar-refractivity contribution in [1.82, 2.24) is 15.5 Å². The van der Waals surface area contributed by atoms with Gasteiger partial charge in [0.05, 0.1) is 6.54 Å².